The van der Waals surface area contributed by atoms with Crippen molar-refractivity contribution in [3.05, 3.63) is 35.0 Å². The fourth-order valence-electron chi connectivity index (χ4n) is 2.19. The van der Waals surface area contributed by atoms with Crippen molar-refractivity contribution < 1.29 is 19.0 Å². The van der Waals surface area contributed by atoms with Crippen LogP contribution >= 0.6 is 11.6 Å². The number of allylic oxidation sites excluding steroid dienone is 3. The molecule has 0 aromatic heterocycles. The van der Waals surface area contributed by atoms with Crippen LogP contribution in [0.15, 0.2) is 35.0 Å². The van der Waals surface area contributed by atoms with E-state index in [-0.39, 0.29) is 5.76 Å². The first-order valence-electron chi connectivity index (χ1n) is 5.34. The fraction of sp³-hybridized carbons (Fsp3) is 0.417. The number of fused-ring (bicyclic) bond motifs is 1. The van der Waals surface area contributed by atoms with E-state index in [0.29, 0.717) is 11.3 Å². The van der Waals surface area contributed by atoms with Crippen LogP contribution in [0.5, 0.6) is 0 Å². The number of hydrogen-bond acceptors (Lipinski definition) is 3. The van der Waals surface area contributed by atoms with E-state index in [4.69, 9.17) is 21.4 Å². The molecule has 0 fully saturated rings. The number of carboxylic acids is 1. The molecule has 2 atom stereocenters. The van der Waals surface area contributed by atoms with Crippen LogP contribution in [0.1, 0.15) is 6.92 Å². The van der Waals surface area contributed by atoms with Crippen molar-refractivity contribution in [2.75, 3.05) is 14.2 Å². The molecule has 0 aromatic carbocycles. The van der Waals surface area contributed by atoms with Crippen molar-refractivity contribution >= 4 is 17.6 Å². The van der Waals surface area contributed by atoms with Crippen LogP contribution in [0.3, 0.4) is 0 Å². The highest BCUT2D eigenvalue weighted by molar-refractivity contribution is 6.28. The van der Waals surface area contributed by atoms with E-state index in [9.17, 15) is 9.18 Å². The highest BCUT2D eigenvalue weighted by atomic mass is 35.5. The number of nitrogens with zero attached hydrogens (tertiary/aromatic N) is 1. The lowest BCUT2D eigenvalue weighted by Crippen LogP contribution is -2.33. The second-order valence-corrected chi connectivity index (χ2v) is 5.15. The molecule has 0 spiro atoms. The minimum Gasteiger partial charge on any atom is -0.494 e. The summed E-state index contributed by atoms with van der Waals surface area (Å²) in [6.45, 7) is 1.49. The SMILES string of the molecule is COC1=C(F)C(C)(Cl)C2=CC(C(=O)O)N(C)C2=C1. The van der Waals surface area contributed by atoms with E-state index in [2.05, 4.69) is 0 Å². The molecule has 4 nitrogen and oxygen atoms in total. The molecule has 2 aliphatic rings. The van der Waals surface area contributed by atoms with Gasteiger partial charge in [0.2, 0.25) is 0 Å². The number of likely N-dealkylation sites (N-methyl/N-ethyl adjacent to an activating group) is 1. The summed E-state index contributed by atoms with van der Waals surface area (Å²) in [5.74, 6) is -1.59. The maximum absolute atomic E-state index is 14.1. The second-order valence-electron chi connectivity index (χ2n) is 4.39. The second kappa shape index (κ2) is 4.02. The standard InChI is InChI=1S/C12H13ClFNO3/c1-12(13)6-4-8(11(16)17)15(2)7(6)5-9(18-3)10(12)14/h4-5,8H,1-3H3,(H,16,17). The summed E-state index contributed by atoms with van der Waals surface area (Å²) < 4.78 is 19.0. The van der Waals surface area contributed by atoms with Crippen LogP contribution in [-0.2, 0) is 9.53 Å². The lowest BCUT2D eigenvalue weighted by molar-refractivity contribution is -0.140. The third-order valence-corrected chi connectivity index (χ3v) is 3.64. The highest BCUT2D eigenvalue weighted by Crippen LogP contribution is 2.47. The Hall–Kier alpha value is -1.49. The maximum Gasteiger partial charge on any atom is 0.330 e. The van der Waals surface area contributed by atoms with Crippen molar-refractivity contribution in [3.8, 4) is 0 Å². The number of alkyl halides is 1. The van der Waals surface area contributed by atoms with Crippen LogP contribution in [-0.4, -0.2) is 41.0 Å². The first-order valence-corrected chi connectivity index (χ1v) is 5.71. The summed E-state index contributed by atoms with van der Waals surface area (Å²) in [6, 6.07) is -0.840. The van der Waals surface area contributed by atoms with Crippen LogP contribution in [0.4, 0.5) is 4.39 Å². The van der Waals surface area contributed by atoms with E-state index >= 15 is 0 Å². The molecule has 1 aliphatic heterocycles. The Morgan fingerprint density at radius 1 is 1.67 bits per heavy atom. The molecule has 2 rings (SSSR count). The molecule has 18 heavy (non-hydrogen) atoms. The molecule has 1 aliphatic carbocycles. The molecule has 0 aromatic rings. The zero-order valence-corrected chi connectivity index (χ0v) is 11.0. The van der Waals surface area contributed by atoms with Gasteiger partial charge in [-0.1, -0.05) is 0 Å². The van der Waals surface area contributed by atoms with Gasteiger partial charge in [-0.15, -0.1) is 11.6 Å². The van der Waals surface area contributed by atoms with E-state index in [1.165, 1.54) is 31.1 Å². The monoisotopic (exact) mass is 273 g/mol. The first-order chi connectivity index (χ1) is 8.30. The Morgan fingerprint density at radius 2 is 2.28 bits per heavy atom. The average molecular weight is 274 g/mol. The molecular formula is C12H13ClFNO3. The quantitative estimate of drug-likeness (QED) is 0.782. The number of carboxylic acid groups (broad SMARTS) is 1. The van der Waals surface area contributed by atoms with Gasteiger partial charge in [-0.2, -0.15) is 0 Å². The van der Waals surface area contributed by atoms with Crippen LogP contribution in [0, 0.1) is 0 Å². The zero-order valence-electron chi connectivity index (χ0n) is 10.2. The molecule has 0 saturated heterocycles. The van der Waals surface area contributed by atoms with Gasteiger partial charge in [0.15, 0.2) is 11.6 Å². The third-order valence-electron chi connectivity index (χ3n) is 3.27. The van der Waals surface area contributed by atoms with E-state index in [1.54, 1.807) is 7.05 Å². The van der Waals surface area contributed by atoms with Gasteiger partial charge < -0.3 is 14.7 Å². The fourth-order valence-corrected chi connectivity index (χ4v) is 2.45. The Balaban J connectivity index is 2.57. The summed E-state index contributed by atoms with van der Waals surface area (Å²) in [5.41, 5.74) is 1.02. The number of methoxy groups -OCH3 is 1. The average Bonchev–Trinajstić information content (AvgIpc) is 2.62. The highest BCUT2D eigenvalue weighted by Gasteiger charge is 2.46. The molecule has 6 heteroatoms. The van der Waals surface area contributed by atoms with E-state index < -0.39 is 22.7 Å². The zero-order chi connectivity index (χ0) is 13.7. The summed E-state index contributed by atoms with van der Waals surface area (Å²) >= 11 is 6.19. The Labute approximate surface area is 109 Å². The number of hydrogen-bond donors (Lipinski definition) is 1. The molecular weight excluding hydrogens is 261 g/mol. The molecule has 1 N–H and O–H groups in total. The van der Waals surface area contributed by atoms with Gasteiger partial charge in [-0.25, -0.2) is 9.18 Å². The molecule has 0 radical (unpaired) electrons. The van der Waals surface area contributed by atoms with Gasteiger partial charge in [-0.3, -0.25) is 0 Å². The van der Waals surface area contributed by atoms with Crippen LogP contribution in [0.25, 0.3) is 0 Å². The lowest BCUT2D eigenvalue weighted by atomic mass is 9.91. The van der Waals surface area contributed by atoms with Gasteiger partial charge in [0.1, 0.15) is 10.9 Å². The van der Waals surface area contributed by atoms with E-state index in [0.717, 1.165) is 0 Å². The predicted octanol–water partition coefficient (Wildman–Crippen LogP) is 2.03. The Kier molecular flexibility index (Phi) is 2.89. The Morgan fingerprint density at radius 3 is 2.78 bits per heavy atom. The molecule has 0 saturated carbocycles. The molecule has 0 bridgehead atoms. The van der Waals surface area contributed by atoms with Gasteiger partial charge >= 0.3 is 5.97 Å². The summed E-state index contributed by atoms with van der Waals surface area (Å²) in [7, 11) is 2.97. The maximum atomic E-state index is 14.1. The van der Waals surface area contributed by atoms with Crippen LogP contribution in [0.2, 0.25) is 0 Å². The number of carbonyl (C=O) groups is 1. The number of aliphatic carboxylic acids is 1. The number of halogens is 2. The van der Waals surface area contributed by atoms with Gasteiger partial charge in [0.25, 0.3) is 0 Å². The van der Waals surface area contributed by atoms with Crippen molar-refractivity contribution in [1.82, 2.24) is 4.90 Å². The smallest absolute Gasteiger partial charge is 0.330 e. The summed E-state index contributed by atoms with van der Waals surface area (Å²) in [6.07, 6.45) is 2.93. The minimum atomic E-state index is -1.39. The van der Waals surface area contributed by atoms with Crippen molar-refractivity contribution in [2.24, 2.45) is 0 Å². The summed E-state index contributed by atoms with van der Waals surface area (Å²) in [5, 5.41) is 9.09. The van der Waals surface area contributed by atoms with Crippen molar-refractivity contribution in [1.29, 1.82) is 0 Å². The molecule has 98 valence electrons. The molecule has 2 unspecified atom stereocenters. The van der Waals surface area contributed by atoms with Crippen molar-refractivity contribution in [2.45, 2.75) is 17.8 Å². The van der Waals surface area contributed by atoms with Gasteiger partial charge in [0.05, 0.1) is 7.11 Å². The van der Waals surface area contributed by atoms with Gasteiger partial charge in [-0.05, 0) is 13.0 Å². The normalized spacial score (nSPS) is 30.9. The topological polar surface area (TPSA) is 49.8 Å². The largest absolute Gasteiger partial charge is 0.494 e. The number of ether oxygens (including phenoxy) is 1. The first kappa shape index (κ1) is 13.0. The lowest BCUT2D eigenvalue weighted by Gasteiger charge is -2.30. The van der Waals surface area contributed by atoms with Gasteiger partial charge in [0, 0.05) is 24.4 Å². The minimum absolute atomic E-state index is 0.0255. The Bertz CT molecular complexity index is 507. The predicted molar refractivity (Wildman–Crippen MR) is 64.8 cm³/mol. The number of rotatable bonds is 2. The van der Waals surface area contributed by atoms with E-state index in [1.807, 2.05) is 0 Å². The third kappa shape index (κ3) is 1.61. The molecule has 0 amide bonds. The summed E-state index contributed by atoms with van der Waals surface area (Å²) in [4.78, 5) is 11.2. The molecule has 1 heterocycles. The van der Waals surface area contributed by atoms with Crippen molar-refractivity contribution in [3.63, 3.8) is 0 Å². The van der Waals surface area contributed by atoms with Crippen LogP contribution < -0.4 is 0 Å².